The van der Waals surface area contributed by atoms with Crippen molar-refractivity contribution in [2.45, 2.75) is 33.4 Å². The monoisotopic (exact) mass is 281 g/mol. The molecule has 0 saturated carbocycles. The highest BCUT2D eigenvalue weighted by molar-refractivity contribution is 5.55. The van der Waals surface area contributed by atoms with E-state index in [4.69, 9.17) is 0 Å². The first kappa shape index (κ1) is 16.9. The van der Waals surface area contributed by atoms with Crippen LogP contribution in [0.2, 0.25) is 0 Å². The minimum atomic E-state index is -0.132. The van der Waals surface area contributed by atoms with E-state index in [1.807, 2.05) is 20.2 Å². The molecule has 0 aliphatic carbocycles. The minimum absolute atomic E-state index is 0.132. The Morgan fingerprint density at radius 1 is 1.25 bits per heavy atom. The van der Waals surface area contributed by atoms with Gasteiger partial charge in [-0.05, 0) is 46.1 Å². The van der Waals surface area contributed by atoms with Crippen LogP contribution in [-0.4, -0.2) is 44.7 Å². The van der Waals surface area contributed by atoms with Crippen molar-refractivity contribution in [1.82, 2.24) is 10.2 Å². The molecule has 0 fully saturated rings. The zero-order valence-electron chi connectivity index (χ0n) is 13.4. The van der Waals surface area contributed by atoms with Gasteiger partial charge in [-0.2, -0.15) is 0 Å². The first-order valence-electron chi connectivity index (χ1n) is 7.40. The molecule has 0 aliphatic heterocycles. The number of anilines is 1. The Labute approximate surface area is 122 Å². The van der Waals surface area contributed by atoms with E-state index in [0.717, 1.165) is 30.9 Å². The molecule has 1 unspecified atom stereocenters. The lowest BCUT2D eigenvalue weighted by molar-refractivity contribution is 0.371. The first-order valence-corrected chi connectivity index (χ1v) is 7.40. The van der Waals surface area contributed by atoms with E-state index in [2.05, 4.69) is 35.9 Å². The largest absolute Gasteiger partial charge is 0.365 e. The van der Waals surface area contributed by atoms with Crippen molar-refractivity contribution in [3.05, 3.63) is 29.6 Å². The zero-order chi connectivity index (χ0) is 15.1. The molecule has 0 bridgehead atoms. The quantitative estimate of drug-likeness (QED) is 0.790. The lowest BCUT2D eigenvalue weighted by Crippen LogP contribution is -2.41. The molecule has 1 atom stereocenters. The van der Waals surface area contributed by atoms with Crippen molar-refractivity contribution in [3.8, 4) is 0 Å². The van der Waals surface area contributed by atoms with Crippen molar-refractivity contribution >= 4 is 5.69 Å². The summed E-state index contributed by atoms with van der Waals surface area (Å²) in [5.74, 6) is -0.132. The van der Waals surface area contributed by atoms with Gasteiger partial charge in [0.2, 0.25) is 0 Å². The van der Waals surface area contributed by atoms with Gasteiger partial charge in [-0.1, -0.05) is 19.1 Å². The molecule has 0 radical (unpaired) electrons. The highest BCUT2D eigenvalue weighted by atomic mass is 19.1. The molecular weight excluding hydrogens is 253 g/mol. The summed E-state index contributed by atoms with van der Waals surface area (Å²) < 4.78 is 14.3. The first-order chi connectivity index (χ1) is 9.51. The number of para-hydroxylation sites is 1. The second-order valence-corrected chi connectivity index (χ2v) is 5.43. The van der Waals surface area contributed by atoms with E-state index in [1.165, 1.54) is 0 Å². The van der Waals surface area contributed by atoms with Gasteiger partial charge in [0.1, 0.15) is 5.82 Å². The number of benzene rings is 1. The third-order valence-electron chi connectivity index (χ3n) is 3.43. The van der Waals surface area contributed by atoms with E-state index < -0.39 is 0 Å². The summed E-state index contributed by atoms with van der Waals surface area (Å²) in [6.07, 6.45) is 0. The Kier molecular flexibility index (Phi) is 6.96. The molecule has 1 N–H and O–H groups in total. The maximum atomic E-state index is 14.3. The number of nitrogens with one attached hydrogen (secondary N) is 1. The SMILES string of the molecule is CCNCc1cccc(F)c1N(CC)C(C)CN(C)C. The van der Waals surface area contributed by atoms with Crippen LogP contribution in [0.3, 0.4) is 0 Å². The highest BCUT2D eigenvalue weighted by Crippen LogP contribution is 2.26. The molecule has 114 valence electrons. The van der Waals surface area contributed by atoms with Crippen LogP contribution in [0.1, 0.15) is 26.3 Å². The molecule has 1 rings (SSSR count). The van der Waals surface area contributed by atoms with Crippen LogP contribution in [0.25, 0.3) is 0 Å². The van der Waals surface area contributed by atoms with Gasteiger partial charge in [-0.3, -0.25) is 0 Å². The van der Waals surface area contributed by atoms with Gasteiger partial charge in [-0.25, -0.2) is 4.39 Å². The molecule has 0 aromatic heterocycles. The van der Waals surface area contributed by atoms with E-state index >= 15 is 0 Å². The fourth-order valence-corrected chi connectivity index (χ4v) is 2.60. The molecule has 4 heteroatoms. The van der Waals surface area contributed by atoms with E-state index in [9.17, 15) is 4.39 Å². The van der Waals surface area contributed by atoms with Gasteiger partial charge in [0, 0.05) is 25.7 Å². The maximum Gasteiger partial charge on any atom is 0.146 e. The Morgan fingerprint density at radius 2 is 1.95 bits per heavy atom. The summed E-state index contributed by atoms with van der Waals surface area (Å²) in [6, 6.07) is 5.62. The Balaban J connectivity index is 3.06. The molecule has 0 heterocycles. The number of likely N-dealkylation sites (N-methyl/N-ethyl adjacent to an activating group) is 2. The predicted molar refractivity (Wildman–Crippen MR) is 84.8 cm³/mol. The van der Waals surface area contributed by atoms with Gasteiger partial charge in [0.15, 0.2) is 0 Å². The van der Waals surface area contributed by atoms with Crippen LogP contribution in [-0.2, 0) is 6.54 Å². The Bertz CT molecular complexity index is 407. The number of hydrogen-bond donors (Lipinski definition) is 1. The molecule has 20 heavy (non-hydrogen) atoms. The fraction of sp³-hybridized carbons (Fsp3) is 0.625. The van der Waals surface area contributed by atoms with Gasteiger partial charge in [-0.15, -0.1) is 0 Å². The summed E-state index contributed by atoms with van der Waals surface area (Å²) in [7, 11) is 4.09. The van der Waals surface area contributed by atoms with Crippen molar-refractivity contribution in [2.24, 2.45) is 0 Å². The Morgan fingerprint density at radius 3 is 2.50 bits per heavy atom. The van der Waals surface area contributed by atoms with Crippen LogP contribution in [0, 0.1) is 5.82 Å². The standard InChI is InChI=1S/C16H28FN3/c1-6-18-11-14-9-8-10-15(17)16(14)20(7-2)13(3)12-19(4)5/h8-10,13,18H,6-7,11-12H2,1-5H3. The van der Waals surface area contributed by atoms with Gasteiger partial charge in [0.25, 0.3) is 0 Å². The van der Waals surface area contributed by atoms with Gasteiger partial charge < -0.3 is 15.1 Å². The predicted octanol–water partition coefficient (Wildman–Crippen LogP) is 2.71. The molecule has 0 saturated heterocycles. The summed E-state index contributed by atoms with van der Waals surface area (Å²) >= 11 is 0. The number of nitrogens with zero attached hydrogens (tertiary/aromatic N) is 2. The molecule has 1 aromatic carbocycles. The lowest BCUT2D eigenvalue weighted by Gasteiger charge is -2.34. The summed E-state index contributed by atoms with van der Waals surface area (Å²) in [5, 5.41) is 3.29. The molecule has 0 amide bonds. The average Bonchev–Trinajstić information content (AvgIpc) is 2.38. The van der Waals surface area contributed by atoms with Crippen molar-refractivity contribution in [2.75, 3.05) is 38.6 Å². The molecule has 3 nitrogen and oxygen atoms in total. The van der Waals surface area contributed by atoms with Crippen LogP contribution in [0.4, 0.5) is 10.1 Å². The second kappa shape index (κ2) is 8.22. The number of hydrogen-bond acceptors (Lipinski definition) is 3. The summed E-state index contributed by atoms with van der Waals surface area (Å²) in [5.41, 5.74) is 1.77. The number of halogens is 1. The second-order valence-electron chi connectivity index (χ2n) is 5.43. The third kappa shape index (κ3) is 4.46. The fourth-order valence-electron chi connectivity index (χ4n) is 2.60. The van der Waals surface area contributed by atoms with E-state index in [1.54, 1.807) is 12.1 Å². The van der Waals surface area contributed by atoms with Crippen molar-refractivity contribution < 1.29 is 4.39 Å². The van der Waals surface area contributed by atoms with Crippen molar-refractivity contribution in [1.29, 1.82) is 0 Å². The van der Waals surface area contributed by atoms with Crippen LogP contribution in [0.15, 0.2) is 18.2 Å². The molecular formula is C16H28FN3. The topological polar surface area (TPSA) is 18.5 Å². The van der Waals surface area contributed by atoms with Crippen LogP contribution >= 0.6 is 0 Å². The smallest absolute Gasteiger partial charge is 0.146 e. The summed E-state index contributed by atoms with van der Waals surface area (Å²) in [4.78, 5) is 4.29. The molecule has 0 spiro atoms. The van der Waals surface area contributed by atoms with Crippen molar-refractivity contribution in [3.63, 3.8) is 0 Å². The molecule has 1 aromatic rings. The highest BCUT2D eigenvalue weighted by Gasteiger charge is 2.20. The average molecular weight is 281 g/mol. The maximum absolute atomic E-state index is 14.3. The number of rotatable bonds is 8. The van der Waals surface area contributed by atoms with Gasteiger partial charge in [0.05, 0.1) is 5.69 Å². The zero-order valence-corrected chi connectivity index (χ0v) is 13.4. The third-order valence-corrected chi connectivity index (χ3v) is 3.43. The van der Waals surface area contributed by atoms with E-state index in [0.29, 0.717) is 6.54 Å². The van der Waals surface area contributed by atoms with Crippen LogP contribution in [0.5, 0.6) is 0 Å². The van der Waals surface area contributed by atoms with Gasteiger partial charge >= 0.3 is 0 Å². The molecule has 0 aliphatic rings. The summed E-state index contributed by atoms with van der Waals surface area (Å²) in [6.45, 7) is 9.58. The normalized spacial score (nSPS) is 12.8. The van der Waals surface area contributed by atoms with Crippen LogP contribution < -0.4 is 10.2 Å². The minimum Gasteiger partial charge on any atom is -0.365 e. The van der Waals surface area contributed by atoms with E-state index in [-0.39, 0.29) is 11.9 Å². The lowest BCUT2D eigenvalue weighted by atomic mass is 10.1. The Hall–Kier alpha value is -1.13.